The van der Waals surface area contributed by atoms with Crippen molar-refractivity contribution in [3.63, 3.8) is 0 Å². The predicted octanol–water partition coefficient (Wildman–Crippen LogP) is 4.61. The Hall–Kier alpha value is -1.70. The van der Waals surface area contributed by atoms with E-state index in [-0.39, 0.29) is 35.0 Å². The number of carboxylic acid groups (broad SMARTS) is 1. The highest BCUT2D eigenvalue weighted by atomic mass is 79.9. The molecule has 0 bridgehead atoms. The summed E-state index contributed by atoms with van der Waals surface area (Å²) in [5.41, 5.74) is 2.58. The summed E-state index contributed by atoms with van der Waals surface area (Å²) >= 11 is 10.9. The quantitative estimate of drug-likeness (QED) is 0.686. The Balaban J connectivity index is 2.04. The van der Waals surface area contributed by atoms with E-state index in [1.165, 1.54) is 11.3 Å². The molecule has 0 radical (unpaired) electrons. The fraction of sp³-hybridized carbons (Fsp3) is 0.188. The molecule has 1 aromatic rings. The molecule has 8 heteroatoms. The molecule has 0 fully saturated rings. The Morgan fingerprint density at radius 3 is 2.75 bits per heavy atom. The second-order valence-corrected chi connectivity index (χ2v) is 8.02. The number of ketones is 1. The largest absolute Gasteiger partial charge is 0.506 e. The molecule has 2 N–H and O–H groups in total. The molecule has 0 atom stereocenters. The number of fused-ring (bicyclic) bond motifs is 1. The van der Waals surface area contributed by atoms with Crippen LogP contribution in [-0.2, 0) is 4.79 Å². The predicted molar refractivity (Wildman–Crippen MR) is 95.9 cm³/mol. The van der Waals surface area contributed by atoms with Gasteiger partial charge in [0, 0.05) is 34.2 Å². The van der Waals surface area contributed by atoms with Gasteiger partial charge in [-0.05, 0) is 34.5 Å². The van der Waals surface area contributed by atoms with Crippen molar-refractivity contribution >= 4 is 56.3 Å². The number of carbonyl (C=O) groups excluding carboxylic acids is 1. The molecule has 0 saturated carbocycles. The maximum Gasteiger partial charge on any atom is 0.307 e. The van der Waals surface area contributed by atoms with Crippen LogP contribution in [0.4, 0.5) is 0 Å². The van der Waals surface area contributed by atoms with E-state index in [2.05, 4.69) is 20.9 Å². The van der Waals surface area contributed by atoms with Crippen LogP contribution in [0.5, 0.6) is 0 Å². The molecule has 2 heterocycles. The number of rotatable bonds is 4. The maximum absolute atomic E-state index is 12.6. The third kappa shape index (κ3) is 2.87. The van der Waals surface area contributed by atoms with Crippen LogP contribution in [0.3, 0.4) is 0 Å². The molecule has 1 aromatic heterocycles. The van der Waals surface area contributed by atoms with Gasteiger partial charge in [0.05, 0.1) is 21.0 Å². The molecule has 24 heavy (non-hydrogen) atoms. The minimum absolute atomic E-state index is 0.0225. The number of hydrogen-bond donors (Lipinski definition) is 2. The van der Waals surface area contributed by atoms with Crippen molar-refractivity contribution in [1.82, 2.24) is 0 Å². The second kappa shape index (κ2) is 6.31. The lowest BCUT2D eigenvalue weighted by molar-refractivity contribution is -0.136. The van der Waals surface area contributed by atoms with Crippen molar-refractivity contribution in [2.24, 2.45) is 4.99 Å². The van der Waals surface area contributed by atoms with Gasteiger partial charge in [0.1, 0.15) is 5.76 Å². The van der Waals surface area contributed by atoms with Gasteiger partial charge in [-0.1, -0.05) is 11.6 Å². The van der Waals surface area contributed by atoms with Gasteiger partial charge < -0.3 is 10.2 Å². The molecule has 0 unspecified atom stereocenters. The highest BCUT2D eigenvalue weighted by molar-refractivity contribution is 9.11. The van der Waals surface area contributed by atoms with E-state index < -0.39 is 5.97 Å². The van der Waals surface area contributed by atoms with Gasteiger partial charge in [0.15, 0.2) is 5.78 Å². The zero-order chi connectivity index (χ0) is 17.6. The summed E-state index contributed by atoms with van der Waals surface area (Å²) < 4.78 is 0.809. The van der Waals surface area contributed by atoms with Gasteiger partial charge in [-0.15, -0.1) is 11.3 Å². The molecule has 0 aromatic carbocycles. The molecule has 0 saturated heterocycles. The number of Topliss-reactive ketones (excluding diaryl/α,β-unsaturated/α-hetero) is 1. The van der Waals surface area contributed by atoms with Crippen LogP contribution in [0.15, 0.2) is 53.4 Å². The Kier molecular flexibility index (Phi) is 4.50. The van der Waals surface area contributed by atoms with E-state index in [9.17, 15) is 14.7 Å². The first-order chi connectivity index (χ1) is 11.3. The third-order valence-corrected chi connectivity index (χ3v) is 5.69. The van der Waals surface area contributed by atoms with Gasteiger partial charge in [-0.3, -0.25) is 14.6 Å². The van der Waals surface area contributed by atoms with Crippen molar-refractivity contribution in [1.29, 1.82) is 0 Å². The van der Waals surface area contributed by atoms with Crippen LogP contribution in [0, 0.1) is 0 Å². The fourth-order valence-electron chi connectivity index (χ4n) is 2.73. The van der Waals surface area contributed by atoms with E-state index in [0.717, 1.165) is 3.79 Å². The van der Waals surface area contributed by atoms with Crippen LogP contribution >= 0.6 is 38.9 Å². The van der Waals surface area contributed by atoms with Crippen molar-refractivity contribution in [2.45, 2.75) is 19.8 Å². The molecular formula is C16H11BrClNO4S. The highest BCUT2D eigenvalue weighted by Gasteiger charge is 2.35. The van der Waals surface area contributed by atoms with Gasteiger partial charge in [-0.25, -0.2) is 0 Å². The number of aliphatic carboxylic acids is 1. The topological polar surface area (TPSA) is 87.0 Å². The molecule has 2 aliphatic rings. The number of nitrogens with zero attached hydrogens (tertiary/aromatic N) is 1. The van der Waals surface area contributed by atoms with Gasteiger partial charge in [-0.2, -0.15) is 0 Å². The SMILES string of the molecule is CC1=C(CC(=O)O)C2=C(Cl)C(O)=C(C(=O)c3csc(Br)c3)CC2=N1. The standard InChI is InChI=1S/C16H11BrClNO4S/c1-6-8(4-12(20)21)13-10(19-6)3-9(16(23)14(13)18)15(22)7-2-11(17)24-5-7/h2,5,23H,3-4H2,1H3,(H,20,21). The summed E-state index contributed by atoms with van der Waals surface area (Å²) in [5, 5.41) is 21.1. The van der Waals surface area contributed by atoms with Crippen LogP contribution in [-0.4, -0.2) is 27.7 Å². The van der Waals surface area contributed by atoms with E-state index >= 15 is 0 Å². The third-order valence-electron chi connectivity index (χ3n) is 3.82. The molecule has 0 amide bonds. The van der Waals surface area contributed by atoms with Gasteiger partial charge in [0.25, 0.3) is 0 Å². The monoisotopic (exact) mass is 427 g/mol. The number of halogens is 2. The fourth-order valence-corrected chi connectivity index (χ4v) is 4.20. The number of hydrogen-bond acceptors (Lipinski definition) is 5. The van der Waals surface area contributed by atoms with Crippen molar-refractivity contribution in [3.05, 3.63) is 54.0 Å². The van der Waals surface area contributed by atoms with Crippen LogP contribution in [0.25, 0.3) is 0 Å². The van der Waals surface area contributed by atoms with Gasteiger partial charge >= 0.3 is 5.97 Å². The Morgan fingerprint density at radius 1 is 1.46 bits per heavy atom. The van der Waals surface area contributed by atoms with Crippen LogP contribution < -0.4 is 0 Å². The summed E-state index contributed by atoms with van der Waals surface area (Å²) in [4.78, 5) is 28.0. The number of carbonyl (C=O) groups is 2. The average molecular weight is 429 g/mol. The average Bonchev–Trinajstić information content (AvgIpc) is 3.06. The summed E-state index contributed by atoms with van der Waals surface area (Å²) in [6.45, 7) is 1.69. The Bertz CT molecular complexity index is 907. The molecule has 1 aliphatic carbocycles. The number of allylic oxidation sites excluding steroid dienone is 4. The second-order valence-electron chi connectivity index (χ2n) is 5.35. The summed E-state index contributed by atoms with van der Waals surface area (Å²) in [6.07, 6.45) is -0.122. The number of aliphatic imine (C=N–C) groups is 1. The first kappa shape index (κ1) is 17.1. The van der Waals surface area contributed by atoms with Crippen LogP contribution in [0.1, 0.15) is 30.1 Å². The minimum Gasteiger partial charge on any atom is -0.506 e. The lowest BCUT2D eigenvalue weighted by Gasteiger charge is -2.19. The summed E-state index contributed by atoms with van der Waals surface area (Å²) in [5.74, 6) is -1.64. The van der Waals surface area contributed by atoms with Crippen LogP contribution in [0.2, 0.25) is 0 Å². The number of carboxylic acids is 1. The Morgan fingerprint density at radius 2 is 2.17 bits per heavy atom. The maximum atomic E-state index is 12.6. The van der Waals surface area contributed by atoms with Crippen molar-refractivity contribution < 1.29 is 19.8 Å². The van der Waals surface area contributed by atoms with E-state index in [1.54, 1.807) is 18.4 Å². The number of thiophene rings is 1. The van der Waals surface area contributed by atoms with Crippen molar-refractivity contribution in [2.75, 3.05) is 0 Å². The van der Waals surface area contributed by atoms with E-state index in [0.29, 0.717) is 28.1 Å². The van der Waals surface area contributed by atoms with Crippen molar-refractivity contribution in [3.8, 4) is 0 Å². The molecule has 124 valence electrons. The van der Waals surface area contributed by atoms with Gasteiger partial charge in [0.2, 0.25) is 0 Å². The van der Waals surface area contributed by atoms with E-state index in [4.69, 9.17) is 16.7 Å². The Labute approximate surface area is 154 Å². The molecule has 3 rings (SSSR count). The number of aliphatic hydroxyl groups excluding tert-OH is 1. The highest BCUT2D eigenvalue weighted by Crippen LogP contribution is 2.41. The summed E-state index contributed by atoms with van der Waals surface area (Å²) in [7, 11) is 0. The normalized spacial score (nSPS) is 17.4. The lowest BCUT2D eigenvalue weighted by atomic mass is 9.87. The molecule has 1 aliphatic heterocycles. The minimum atomic E-state index is -1.01. The first-order valence-electron chi connectivity index (χ1n) is 6.90. The molecular weight excluding hydrogens is 418 g/mol. The molecule has 0 spiro atoms. The number of aliphatic hydroxyl groups is 1. The van der Waals surface area contributed by atoms with E-state index in [1.807, 2.05) is 0 Å². The zero-order valence-electron chi connectivity index (χ0n) is 12.4. The smallest absolute Gasteiger partial charge is 0.307 e. The zero-order valence-corrected chi connectivity index (χ0v) is 15.5. The first-order valence-corrected chi connectivity index (χ1v) is 8.95. The molecule has 5 nitrogen and oxygen atoms in total. The lowest BCUT2D eigenvalue weighted by Crippen LogP contribution is -2.18. The summed E-state index contributed by atoms with van der Waals surface area (Å²) in [6, 6.07) is 1.68.